The summed E-state index contributed by atoms with van der Waals surface area (Å²) in [5, 5.41) is 0. The molecular weight excluding hydrogens is 290 g/mol. The zero-order valence-electron chi connectivity index (χ0n) is 11.4. The number of hydrogen-bond donors (Lipinski definition) is 1. The summed E-state index contributed by atoms with van der Waals surface area (Å²) < 4.78 is 51.8. The summed E-state index contributed by atoms with van der Waals surface area (Å²) in [6, 6.07) is -0.394. The van der Waals surface area contributed by atoms with Crippen molar-refractivity contribution in [1.29, 1.82) is 0 Å². The third-order valence-corrected chi connectivity index (χ3v) is 5.58. The van der Waals surface area contributed by atoms with Crippen molar-refractivity contribution >= 4 is 15.9 Å². The molecule has 2 aliphatic rings. The second kappa shape index (κ2) is 5.55. The molecule has 1 heterocycles. The first-order valence-electron chi connectivity index (χ1n) is 6.84. The number of alkyl halides is 2. The molecule has 2 fully saturated rings. The van der Waals surface area contributed by atoms with Crippen LogP contribution in [-0.2, 0) is 14.8 Å². The van der Waals surface area contributed by atoms with Crippen LogP contribution < -0.4 is 4.72 Å². The lowest BCUT2D eigenvalue weighted by Crippen LogP contribution is -2.44. The second-order valence-corrected chi connectivity index (χ2v) is 7.58. The van der Waals surface area contributed by atoms with E-state index in [0.717, 1.165) is 6.42 Å². The molecular formula is C12H20F2N2O3S. The average molecular weight is 310 g/mol. The van der Waals surface area contributed by atoms with E-state index in [1.54, 1.807) is 0 Å². The number of likely N-dealkylation sites (tertiary alicyclic amines) is 1. The lowest BCUT2D eigenvalue weighted by Gasteiger charge is -2.27. The van der Waals surface area contributed by atoms with Crippen LogP contribution in [0.5, 0.6) is 0 Å². The van der Waals surface area contributed by atoms with Gasteiger partial charge in [-0.05, 0) is 26.3 Å². The number of nitrogens with one attached hydrogen (secondary N) is 1. The summed E-state index contributed by atoms with van der Waals surface area (Å²) in [5.41, 5.74) is 0. The molecule has 20 heavy (non-hydrogen) atoms. The Bertz CT molecular complexity index is 481. The van der Waals surface area contributed by atoms with E-state index in [-0.39, 0.29) is 24.5 Å². The second-order valence-electron chi connectivity index (χ2n) is 5.61. The van der Waals surface area contributed by atoms with Gasteiger partial charge in [-0.1, -0.05) is 0 Å². The number of sulfonamides is 1. The van der Waals surface area contributed by atoms with Crippen LogP contribution in [0.25, 0.3) is 0 Å². The van der Waals surface area contributed by atoms with Gasteiger partial charge in [-0.2, -0.15) is 0 Å². The minimum absolute atomic E-state index is 0.154. The molecule has 2 atom stereocenters. The van der Waals surface area contributed by atoms with Crippen molar-refractivity contribution in [2.75, 3.05) is 19.3 Å². The van der Waals surface area contributed by atoms with E-state index in [9.17, 15) is 22.0 Å². The normalized spacial score (nSPS) is 29.9. The van der Waals surface area contributed by atoms with E-state index < -0.39 is 34.3 Å². The predicted octanol–water partition coefficient (Wildman–Crippen LogP) is 0.962. The van der Waals surface area contributed by atoms with Gasteiger partial charge in [0, 0.05) is 31.3 Å². The van der Waals surface area contributed by atoms with Gasteiger partial charge >= 0.3 is 0 Å². The minimum Gasteiger partial charge on any atom is -0.338 e. The lowest BCUT2D eigenvalue weighted by molar-refractivity contribution is -0.136. The Morgan fingerprint density at radius 3 is 2.65 bits per heavy atom. The van der Waals surface area contributed by atoms with Crippen LogP contribution in [0, 0.1) is 5.92 Å². The number of hydrogen-bond acceptors (Lipinski definition) is 3. The van der Waals surface area contributed by atoms with E-state index in [1.165, 1.54) is 11.9 Å². The number of nitrogens with zero attached hydrogens (tertiary/aromatic N) is 1. The van der Waals surface area contributed by atoms with Crippen molar-refractivity contribution in [2.45, 2.75) is 44.1 Å². The molecule has 2 rings (SSSR count). The number of carbonyl (C=O) groups excluding carboxylic acids is 1. The Balaban J connectivity index is 2.02. The maximum atomic E-state index is 13.2. The summed E-state index contributed by atoms with van der Waals surface area (Å²) in [6.45, 7) is 0.463. The number of rotatable bonds is 4. The van der Waals surface area contributed by atoms with Gasteiger partial charge in [-0.25, -0.2) is 21.9 Å². The Morgan fingerprint density at radius 2 is 2.10 bits per heavy atom. The Morgan fingerprint density at radius 1 is 1.40 bits per heavy atom. The van der Waals surface area contributed by atoms with Crippen molar-refractivity contribution in [3.63, 3.8) is 0 Å². The van der Waals surface area contributed by atoms with E-state index in [4.69, 9.17) is 0 Å². The van der Waals surface area contributed by atoms with E-state index in [1.807, 2.05) is 0 Å². The highest BCUT2D eigenvalue weighted by atomic mass is 32.2. The largest absolute Gasteiger partial charge is 0.338 e. The van der Waals surface area contributed by atoms with E-state index >= 15 is 0 Å². The van der Waals surface area contributed by atoms with Gasteiger partial charge in [0.2, 0.25) is 21.9 Å². The van der Waals surface area contributed by atoms with Crippen LogP contribution in [0.2, 0.25) is 0 Å². The molecule has 1 N–H and O–H groups in total. The standard InChI is InChI=1S/C12H20F2N2O3S/c1-15-20(18,19)8-10-3-2-6-16(10)11(17)9-4-5-12(13,14)7-9/h9-10,15H,2-8H2,1H3. The molecule has 1 aliphatic heterocycles. The molecule has 0 aromatic rings. The van der Waals surface area contributed by atoms with Gasteiger partial charge < -0.3 is 4.90 Å². The van der Waals surface area contributed by atoms with E-state index in [0.29, 0.717) is 13.0 Å². The third kappa shape index (κ3) is 3.46. The first-order chi connectivity index (χ1) is 9.24. The van der Waals surface area contributed by atoms with Crippen molar-refractivity contribution in [2.24, 2.45) is 5.92 Å². The topological polar surface area (TPSA) is 66.5 Å². The molecule has 1 saturated heterocycles. The van der Waals surface area contributed by atoms with Gasteiger partial charge in [-0.3, -0.25) is 4.79 Å². The molecule has 0 radical (unpaired) electrons. The number of amides is 1. The molecule has 2 unspecified atom stereocenters. The predicted molar refractivity (Wildman–Crippen MR) is 69.9 cm³/mol. The highest BCUT2D eigenvalue weighted by Crippen LogP contribution is 2.40. The average Bonchev–Trinajstić information content (AvgIpc) is 2.94. The smallest absolute Gasteiger partial charge is 0.248 e. The maximum Gasteiger partial charge on any atom is 0.248 e. The first kappa shape index (κ1) is 15.6. The summed E-state index contributed by atoms with van der Waals surface area (Å²) in [4.78, 5) is 13.8. The van der Waals surface area contributed by atoms with Gasteiger partial charge in [-0.15, -0.1) is 0 Å². The summed E-state index contributed by atoms with van der Waals surface area (Å²) in [7, 11) is -2.08. The summed E-state index contributed by atoms with van der Waals surface area (Å²) >= 11 is 0. The molecule has 1 amide bonds. The molecule has 1 aliphatic carbocycles. The minimum atomic E-state index is -3.41. The zero-order chi connectivity index (χ0) is 15.0. The molecule has 0 spiro atoms. The monoisotopic (exact) mass is 310 g/mol. The fourth-order valence-electron chi connectivity index (χ4n) is 3.03. The van der Waals surface area contributed by atoms with Crippen LogP contribution in [0.1, 0.15) is 32.1 Å². The van der Waals surface area contributed by atoms with Crippen molar-refractivity contribution in [3.8, 4) is 0 Å². The van der Waals surface area contributed by atoms with Gasteiger partial charge in [0.15, 0.2) is 0 Å². The first-order valence-corrected chi connectivity index (χ1v) is 8.49. The van der Waals surface area contributed by atoms with Crippen LogP contribution >= 0.6 is 0 Å². The van der Waals surface area contributed by atoms with Crippen LogP contribution in [0.3, 0.4) is 0 Å². The zero-order valence-corrected chi connectivity index (χ0v) is 12.3. The Labute approximate surface area is 117 Å². The SMILES string of the molecule is CNS(=O)(=O)CC1CCCN1C(=O)C1CCC(F)(F)C1. The van der Waals surface area contributed by atoms with Crippen molar-refractivity contribution in [3.05, 3.63) is 0 Å². The molecule has 5 nitrogen and oxygen atoms in total. The molecule has 8 heteroatoms. The molecule has 0 aromatic heterocycles. The summed E-state index contributed by atoms with van der Waals surface area (Å²) in [6.07, 6.45) is 0.854. The van der Waals surface area contributed by atoms with Crippen LogP contribution in [-0.4, -0.2) is 50.5 Å². The number of halogens is 2. The fraction of sp³-hybridized carbons (Fsp3) is 0.917. The number of carbonyl (C=O) groups is 1. The lowest BCUT2D eigenvalue weighted by atomic mass is 10.1. The quantitative estimate of drug-likeness (QED) is 0.841. The summed E-state index contributed by atoms with van der Waals surface area (Å²) in [5.74, 6) is -3.89. The molecule has 1 saturated carbocycles. The molecule has 0 aromatic carbocycles. The maximum absolute atomic E-state index is 13.2. The third-order valence-electron chi connectivity index (χ3n) is 4.14. The van der Waals surface area contributed by atoms with Crippen LogP contribution in [0.4, 0.5) is 8.78 Å². The van der Waals surface area contributed by atoms with Crippen LogP contribution in [0.15, 0.2) is 0 Å². The van der Waals surface area contributed by atoms with Gasteiger partial charge in [0.1, 0.15) is 0 Å². The van der Waals surface area contributed by atoms with E-state index in [2.05, 4.69) is 4.72 Å². The van der Waals surface area contributed by atoms with Gasteiger partial charge in [0.25, 0.3) is 0 Å². The van der Waals surface area contributed by atoms with Gasteiger partial charge in [0.05, 0.1) is 5.75 Å². The van der Waals surface area contributed by atoms with Crippen molar-refractivity contribution in [1.82, 2.24) is 9.62 Å². The highest BCUT2D eigenvalue weighted by molar-refractivity contribution is 7.89. The fourth-order valence-corrected chi connectivity index (χ4v) is 4.05. The molecule has 116 valence electrons. The highest BCUT2D eigenvalue weighted by Gasteiger charge is 2.45. The van der Waals surface area contributed by atoms with Crippen molar-refractivity contribution < 1.29 is 22.0 Å². The molecule has 0 bridgehead atoms. The Kier molecular flexibility index (Phi) is 4.34. The Hall–Kier alpha value is -0.760.